The maximum atomic E-state index is 13.2. The number of hydrogen-bond acceptors (Lipinski definition) is 4. The molecule has 0 aliphatic heterocycles. The summed E-state index contributed by atoms with van der Waals surface area (Å²) in [6.45, 7) is 1.63. The number of nitriles is 1. The fraction of sp³-hybridized carbons (Fsp3) is 0.143. The van der Waals surface area contributed by atoms with Gasteiger partial charge in [-0.3, -0.25) is 0 Å². The number of aryl methyl sites for hydroxylation is 1. The molecule has 2 aromatic heterocycles. The van der Waals surface area contributed by atoms with Gasteiger partial charge in [0.05, 0.1) is 22.8 Å². The first-order chi connectivity index (χ1) is 10.8. The number of hydrogen-bond donors (Lipinski definition) is 0. The normalized spacial score (nSPS) is 11.7. The summed E-state index contributed by atoms with van der Waals surface area (Å²) in [7, 11) is 0. The van der Waals surface area contributed by atoms with Crippen LogP contribution in [-0.4, -0.2) is 19.7 Å². The summed E-state index contributed by atoms with van der Waals surface area (Å²) in [5.41, 5.74) is 0.203. The van der Waals surface area contributed by atoms with Crippen LogP contribution < -0.4 is 0 Å². The van der Waals surface area contributed by atoms with Crippen molar-refractivity contribution in [2.75, 3.05) is 0 Å². The molecular formula is C14H7ClF3N5. The van der Waals surface area contributed by atoms with Gasteiger partial charge in [0.15, 0.2) is 5.82 Å². The lowest BCUT2D eigenvalue weighted by molar-refractivity contribution is -0.138. The second kappa shape index (κ2) is 5.21. The minimum Gasteiger partial charge on any atom is -0.226 e. The van der Waals surface area contributed by atoms with E-state index in [2.05, 4.69) is 15.1 Å². The van der Waals surface area contributed by atoms with E-state index in [4.69, 9.17) is 16.9 Å². The van der Waals surface area contributed by atoms with Crippen molar-refractivity contribution >= 4 is 22.5 Å². The van der Waals surface area contributed by atoms with Crippen LogP contribution in [0.5, 0.6) is 0 Å². The first-order valence-corrected chi connectivity index (χ1v) is 6.68. The molecule has 0 spiro atoms. The summed E-state index contributed by atoms with van der Waals surface area (Å²) in [6.07, 6.45) is -4.03. The molecule has 116 valence electrons. The molecule has 0 unspecified atom stereocenters. The van der Waals surface area contributed by atoms with Gasteiger partial charge in [-0.05, 0) is 36.7 Å². The Morgan fingerprint density at radius 2 is 2.04 bits per heavy atom. The molecule has 0 saturated carbocycles. The lowest BCUT2D eigenvalue weighted by Gasteiger charge is -2.12. The number of halogens is 4. The first-order valence-electron chi connectivity index (χ1n) is 6.31. The van der Waals surface area contributed by atoms with Crippen LogP contribution in [-0.2, 0) is 6.18 Å². The van der Waals surface area contributed by atoms with Crippen molar-refractivity contribution in [2.45, 2.75) is 13.1 Å². The molecule has 0 radical (unpaired) electrons. The van der Waals surface area contributed by atoms with E-state index in [-0.39, 0.29) is 5.28 Å². The Labute approximate surface area is 133 Å². The minimum atomic E-state index is -4.65. The van der Waals surface area contributed by atoms with Crippen molar-refractivity contribution < 1.29 is 13.2 Å². The summed E-state index contributed by atoms with van der Waals surface area (Å²) in [5.74, 6) is -0.458. The molecule has 3 aromatic rings. The highest BCUT2D eigenvalue weighted by molar-refractivity contribution is 6.28. The first kappa shape index (κ1) is 15.2. The van der Waals surface area contributed by atoms with E-state index in [1.165, 1.54) is 12.1 Å². The van der Waals surface area contributed by atoms with Gasteiger partial charge < -0.3 is 0 Å². The molecule has 2 heterocycles. The lowest BCUT2D eigenvalue weighted by atomic mass is 10.1. The molecule has 0 N–H and O–H groups in total. The molecule has 0 aliphatic rings. The van der Waals surface area contributed by atoms with Crippen molar-refractivity contribution in [3.63, 3.8) is 0 Å². The average Bonchev–Trinajstić information content (AvgIpc) is 2.82. The molecule has 5 nitrogen and oxygen atoms in total. The Bertz CT molecular complexity index is 955. The van der Waals surface area contributed by atoms with Crippen LogP contribution in [0, 0.1) is 18.3 Å². The molecule has 23 heavy (non-hydrogen) atoms. The van der Waals surface area contributed by atoms with Crippen molar-refractivity contribution in [2.24, 2.45) is 0 Å². The van der Waals surface area contributed by atoms with E-state index < -0.39 is 17.6 Å². The third kappa shape index (κ3) is 2.59. The van der Waals surface area contributed by atoms with E-state index in [9.17, 15) is 13.2 Å². The van der Waals surface area contributed by atoms with E-state index in [0.29, 0.717) is 28.4 Å². The molecule has 0 aliphatic carbocycles. The van der Waals surface area contributed by atoms with Crippen LogP contribution >= 0.6 is 11.6 Å². The van der Waals surface area contributed by atoms with Crippen LogP contribution in [0.2, 0.25) is 5.28 Å². The molecule has 9 heteroatoms. The number of fused-ring (bicyclic) bond motifs is 1. The van der Waals surface area contributed by atoms with E-state index in [1.807, 2.05) is 6.07 Å². The van der Waals surface area contributed by atoms with E-state index in [0.717, 1.165) is 4.68 Å². The monoisotopic (exact) mass is 337 g/mol. The number of alkyl halides is 3. The second-order valence-corrected chi connectivity index (χ2v) is 5.05. The van der Waals surface area contributed by atoms with Gasteiger partial charge in [0.1, 0.15) is 5.56 Å². The summed E-state index contributed by atoms with van der Waals surface area (Å²) in [5, 5.41) is 13.3. The van der Waals surface area contributed by atoms with Crippen LogP contribution in [0.3, 0.4) is 0 Å². The highest BCUT2D eigenvalue weighted by Crippen LogP contribution is 2.34. The quantitative estimate of drug-likeness (QED) is 0.635. The largest absolute Gasteiger partial charge is 0.421 e. The fourth-order valence-corrected chi connectivity index (χ4v) is 2.34. The summed E-state index contributed by atoms with van der Waals surface area (Å²) < 4.78 is 40.6. The smallest absolute Gasteiger partial charge is 0.226 e. The van der Waals surface area contributed by atoms with Gasteiger partial charge in [0.25, 0.3) is 0 Å². The highest BCUT2D eigenvalue weighted by Gasteiger charge is 2.36. The average molecular weight is 338 g/mol. The third-order valence-electron chi connectivity index (χ3n) is 3.24. The standard InChI is InChI=1S/C14H7ClF3N5/c1-7-9-4-8(5-19)2-3-11(9)23(22-7)12-10(14(16,17)18)6-20-13(15)21-12/h2-4,6H,1H3. The van der Waals surface area contributed by atoms with Gasteiger partial charge in [0, 0.05) is 11.6 Å². The Morgan fingerprint density at radius 3 is 2.70 bits per heavy atom. The van der Waals surface area contributed by atoms with Gasteiger partial charge in [0.2, 0.25) is 5.28 Å². The summed E-state index contributed by atoms with van der Waals surface area (Å²) in [4.78, 5) is 7.08. The number of nitrogens with zero attached hydrogens (tertiary/aromatic N) is 5. The zero-order valence-electron chi connectivity index (χ0n) is 11.6. The maximum Gasteiger partial charge on any atom is 0.421 e. The van der Waals surface area contributed by atoms with E-state index in [1.54, 1.807) is 13.0 Å². The molecule has 0 saturated heterocycles. The van der Waals surface area contributed by atoms with Crippen molar-refractivity contribution in [3.05, 3.63) is 46.5 Å². The molecule has 0 fully saturated rings. The number of benzene rings is 1. The summed E-state index contributed by atoms with van der Waals surface area (Å²) >= 11 is 5.65. The van der Waals surface area contributed by atoms with E-state index >= 15 is 0 Å². The van der Waals surface area contributed by atoms with Gasteiger partial charge in [-0.1, -0.05) is 0 Å². The van der Waals surface area contributed by atoms with Crippen molar-refractivity contribution in [1.29, 1.82) is 5.26 Å². The Morgan fingerprint density at radius 1 is 1.30 bits per heavy atom. The highest BCUT2D eigenvalue weighted by atomic mass is 35.5. The van der Waals surface area contributed by atoms with Crippen LogP contribution in [0.4, 0.5) is 13.2 Å². The van der Waals surface area contributed by atoms with Gasteiger partial charge >= 0.3 is 6.18 Å². The van der Waals surface area contributed by atoms with Crippen molar-refractivity contribution in [3.8, 4) is 11.9 Å². The molecule has 0 atom stereocenters. The van der Waals surface area contributed by atoms with Crippen molar-refractivity contribution in [1.82, 2.24) is 19.7 Å². The third-order valence-corrected chi connectivity index (χ3v) is 3.42. The number of rotatable bonds is 1. The van der Waals surface area contributed by atoms with Gasteiger partial charge in [-0.15, -0.1) is 0 Å². The molecule has 0 amide bonds. The molecule has 3 rings (SSSR count). The molecule has 1 aromatic carbocycles. The maximum absolute atomic E-state index is 13.2. The molecular weight excluding hydrogens is 331 g/mol. The molecule has 0 bridgehead atoms. The van der Waals surface area contributed by atoms with Crippen LogP contribution in [0.1, 0.15) is 16.8 Å². The van der Waals surface area contributed by atoms with Crippen LogP contribution in [0.15, 0.2) is 24.4 Å². The number of aromatic nitrogens is 4. The zero-order chi connectivity index (χ0) is 16.8. The van der Waals surface area contributed by atoms with Gasteiger partial charge in [-0.2, -0.15) is 28.5 Å². The SMILES string of the molecule is Cc1nn(-c2nc(Cl)ncc2C(F)(F)F)c2ccc(C#N)cc12. The predicted octanol–water partition coefficient (Wildman–Crippen LogP) is 3.67. The second-order valence-electron chi connectivity index (χ2n) is 4.72. The van der Waals surface area contributed by atoms with Gasteiger partial charge in [-0.25, -0.2) is 9.67 Å². The summed E-state index contributed by atoms with van der Waals surface area (Å²) in [6, 6.07) is 6.55. The zero-order valence-corrected chi connectivity index (χ0v) is 12.3. The lowest BCUT2D eigenvalue weighted by Crippen LogP contribution is -2.14. The predicted molar refractivity (Wildman–Crippen MR) is 76.1 cm³/mol. The topological polar surface area (TPSA) is 67.4 Å². The fourth-order valence-electron chi connectivity index (χ4n) is 2.21. The Balaban J connectivity index is 2.34. The minimum absolute atomic E-state index is 0.317. The van der Waals surface area contributed by atoms with Crippen LogP contribution in [0.25, 0.3) is 16.7 Å². The Kier molecular flexibility index (Phi) is 3.45. The Hall–Kier alpha value is -2.66.